The van der Waals surface area contributed by atoms with Crippen LogP contribution in [0.25, 0.3) is 0 Å². The third-order valence-corrected chi connectivity index (χ3v) is 3.44. The fourth-order valence-corrected chi connectivity index (χ4v) is 2.35. The summed E-state index contributed by atoms with van der Waals surface area (Å²) in [7, 11) is 0. The minimum absolute atomic E-state index is 0.110. The zero-order chi connectivity index (χ0) is 14.7. The summed E-state index contributed by atoms with van der Waals surface area (Å²) in [6, 6.07) is 5.04. The number of rotatable bonds is 5. The van der Waals surface area contributed by atoms with Crippen LogP contribution in [0.3, 0.4) is 0 Å². The number of hydrogen-bond acceptors (Lipinski definition) is 6. The van der Waals surface area contributed by atoms with E-state index < -0.39 is 6.10 Å². The van der Waals surface area contributed by atoms with Gasteiger partial charge in [0.2, 0.25) is 12.7 Å². The lowest BCUT2D eigenvalue weighted by Crippen LogP contribution is -2.41. The first-order chi connectivity index (χ1) is 10.2. The van der Waals surface area contributed by atoms with Gasteiger partial charge >= 0.3 is 0 Å². The molecule has 0 aliphatic carbocycles. The van der Waals surface area contributed by atoms with Gasteiger partial charge in [0.05, 0.1) is 18.7 Å². The van der Waals surface area contributed by atoms with Crippen LogP contribution in [0.15, 0.2) is 18.2 Å². The smallest absolute Gasteiger partial charge is 0.237 e. The highest BCUT2D eigenvalue weighted by molar-refractivity contribution is 5.82. The second kappa shape index (κ2) is 6.19. The lowest BCUT2D eigenvalue weighted by Gasteiger charge is -2.11. The van der Waals surface area contributed by atoms with E-state index in [1.807, 2.05) is 0 Å². The monoisotopic (exact) mass is 294 g/mol. The molecule has 2 aliphatic rings. The van der Waals surface area contributed by atoms with Crippen LogP contribution >= 0.6 is 0 Å². The summed E-state index contributed by atoms with van der Waals surface area (Å²) in [5.41, 5.74) is 0. The molecule has 1 saturated heterocycles. The molecule has 0 aromatic heterocycles. The summed E-state index contributed by atoms with van der Waals surface area (Å²) in [4.78, 5) is 11.8. The Kier molecular flexibility index (Phi) is 4.12. The molecule has 1 aromatic carbocycles. The average Bonchev–Trinajstić information content (AvgIpc) is 3.11. The molecule has 7 heteroatoms. The van der Waals surface area contributed by atoms with E-state index in [2.05, 4.69) is 10.6 Å². The molecule has 114 valence electrons. The maximum atomic E-state index is 11.8. The van der Waals surface area contributed by atoms with Crippen LogP contribution in [0.2, 0.25) is 0 Å². The van der Waals surface area contributed by atoms with Crippen molar-refractivity contribution in [3.8, 4) is 17.2 Å². The number of aliphatic hydroxyl groups is 1. The topological polar surface area (TPSA) is 89.1 Å². The van der Waals surface area contributed by atoms with Gasteiger partial charge < -0.3 is 30.0 Å². The number of carbonyl (C=O) groups is 1. The molecule has 2 heterocycles. The molecule has 0 bridgehead atoms. The van der Waals surface area contributed by atoms with Gasteiger partial charge in [0.1, 0.15) is 12.4 Å². The lowest BCUT2D eigenvalue weighted by molar-refractivity contribution is -0.123. The molecule has 0 saturated carbocycles. The number of carbonyl (C=O) groups excluding carboxylic acids is 1. The second-order valence-corrected chi connectivity index (χ2v) is 5.00. The predicted molar refractivity (Wildman–Crippen MR) is 73.5 cm³/mol. The van der Waals surface area contributed by atoms with Crippen molar-refractivity contribution in [3.05, 3.63) is 18.2 Å². The van der Waals surface area contributed by atoms with Gasteiger partial charge in [-0.25, -0.2) is 0 Å². The zero-order valence-electron chi connectivity index (χ0n) is 11.5. The van der Waals surface area contributed by atoms with E-state index in [9.17, 15) is 9.90 Å². The minimum Gasteiger partial charge on any atom is -0.492 e. The highest BCUT2D eigenvalue weighted by Gasteiger charge is 2.27. The Labute approximate surface area is 122 Å². The highest BCUT2D eigenvalue weighted by Crippen LogP contribution is 2.34. The van der Waals surface area contributed by atoms with Gasteiger partial charge in [-0.3, -0.25) is 4.79 Å². The fraction of sp³-hybridized carbons (Fsp3) is 0.500. The number of amides is 1. The molecule has 2 aliphatic heterocycles. The first-order valence-electron chi connectivity index (χ1n) is 6.94. The van der Waals surface area contributed by atoms with Crippen LogP contribution in [-0.2, 0) is 4.79 Å². The van der Waals surface area contributed by atoms with Crippen molar-refractivity contribution in [2.75, 3.05) is 26.5 Å². The molecule has 2 atom stereocenters. The Morgan fingerprint density at radius 2 is 2.29 bits per heavy atom. The number of benzene rings is 1. The standard InChI is InChI=1S/C14H18N2O5/c17-9-5-11(16-7-9)14(18)15-3-4-19-10-1-2-12-13(6-10)21-8-20-12/h1-2,6,9,11,16-17H,3-5,7-8H2,(H,15,18). The van der Waals surface area contributed by atoms with Crippen molar-refractivity contribution >= 4 is 5.91 Å². The van der Waals surface area contributed by atoms with E-state index in [0.717, 1.165) is 0 Å². The van der Waals surface area contributed by atoms with Gasteiger partial charge in [-0.15, -0.1) is 0 Å². The number of nitrogens with one attached hydrogen (secondary N) is 2. The molecule has 1 fully saturated rings. The van der Waals surface area contributed by atoms with Crippen LogP contribution in [-0.4, -0.2) is 49.6 Å². The summed E-state index contributed by atoms with van der Waals surface area (Å²) in [6.45, 7) is 1.46. The van der Waals surface area contributed by atoms with Gasteiger partial charge in [-0.1, -0.05) is 0 Å². The molecule has 3 rings (SSSR count). The highest BCUT2D eigenvalue weighted by atomic mass is 16.7. The third-order valence-electron chi connectivity index (χ3n) is 3.44. The largest absolute Gasteiger partial charge is 0.492 e. The van der Waals surface area contributed by atoms with E-state index in [1.54, 1.807) is 18.2 Å². The third kappa shape index (κ3) is 3.37. The van der Waals surface area contributed by atoms with Gasteiger partial charge in [-0.2, -0.15) is 0 Å². The molecule has 7 nitrogen and oxygen atoms in total. The summed E-state index contributed by atoms with van der Waals surface area (Å²) < 4.78 is 16.0. The second-order valence-electron chi connectivity index (χ2n) is 5.00. The summed E-state index contributed by atoms with van der Waals surface area (Å²) in [5.74, 6) is 1.94. The van der Waals surface area contributed by atoms with E-state index in [1.165, 1.54) is 0 Å². The number of fused-ring (bicyclic) bond motifs is 1. The number of aliphatic hydroxyl groups excluding tert-OH is 1. The number of hydrogen-bond donors (Lipinski definition) is 3. The number of β-amino-alcohol motifs (C(OH)–C–C–N with tert-alkyl or cyclic N) is 1. The van der Waals surface area contributed by atoms with Gasteiger partial charge in [0.15, 0.2) is 11.5 Å². The summed E-state index contributed by atoms with van der Waals surface area (Å²) in [5, 5.41) is 15.1. The fourth-order valence-electron chi connectivity index (χ4n) is 2.35. The van der Waals surface area contributed by atoms with Crippen molar-refractivity contribution in [1.82, 2.24) is 10.6 Å². The van der Waals surface area contributed by atoms with Crippen molar-refractivity contribution < 1.29 is 24.1 Å². The van der Waals surface area contributed by atoms with E-state index in [-0.39, 0.29) is 18.7 Å². The Morgan fingerprint density at radius 3 is 3.10 bits per heavy atom. The first kappa shape index (κ1) is 14.0. The van der Waals surface area contributed by atoms with Crippen molar-refractivity contribution in [3.63, 3.8) is 0 Å². The summed E-state index contributed by atoms with van der Waals surface area (Å²) in [6.07, 6.45) is 0.0140. The lowest BCUT2D eigenvalue weighted by atomic mass is 10.2. The van der Waals surface area contributed by atoms with Gasteiger partial charge in [0.25, 0.3) is 0 Å². The zero-order valence-corrected chi connectivity index (χ0v) is 11.5. The molecule has 21 heavy (non-hydrogen) atoms. The molecule has 1 amide bonds. The molecule has 2 unspecified atom stereocenters. The van der Waals surface area contributed by atoms with Crippen molar-refractivity contribution in [2.24, 2.45) is 0 Å². The van der Waals surface area contributed by atoms with E-state index >= 15 is 0 Å². The van der Waals surface area contributed by atoms with E-state index in [4.69, 9.17) is 14.2 Å². The maximum Gasteiger partial charge on any atom is 0.237 e. The average molecular weight is 294 g/mol. The van der Waals surface area contributed by atoms with Gasteiger partial charge in [-0.05, 0) is 18.6 Å². The quantitative estimate of drug-likeness (QED) is 0.642. The van der Waals surface area contributed by atoms with Crippen LogP contribution in [0.1, 0.15) is 6.42 Å². The SMILES string of the molecule is O=C(NCCOc1ccc2c(c1)OCO2)C1CC(O)CN1. The molecule has 0 radical (unpaired) electrons. The van der Waals surface area contributed by atoms with Crippen molar-refractivity contribution in [2.45, 2.75) is 18.6 Å². The van der Waals surface area contributed by atoms with Crippen molar-refractivity contribution in [1.29, 1.82) is 0 Å². The molecule has 3 N–H and O–H groups in total. The Balaban J connectivity index is 1.39. The van der Waals surface area contributed by atoms with Gasteiger partial charge in [0, 0.05) is 12.6 Å². The van der Waals surface area contributed by atoms with E-state index in [0.29, 0.717) is 43.4 Å². The Hall–Kier alpha value is -1.99. The van der Waals surface area contributed by atoms with Crippen LogP contribution < -0.4 is 24.8 Å². The summed E-state index contributed by atoms with van der Waals surface area (Å²) >= 11 is 0. The molecule has 1 aromatic rings. The van der Waals surface area contributed by atoms with Crippen LogP contribution in [0.5, 0.6) is 17.2 Å². The molecule has 0 spiro atoms. The minimum atomic E-state index is -0.439. The van der Waals surface area contributed by atoms with Crippen LogP contribution in [0.4, 0.5) is 0 Å². The normalized spacial score (nSPS) is 23.1. The first-order valence-corrected chi connectivity index (χ1v) is 6.94. The molecular weight excluding hydrogens is 276 g/mol. The molecular formula is C14H18N2O5. The Morgan fingerprint density at radius 1 is 1.43 bits per heavy atom. The maximum absolute atomic E-state index is 11.8. The predicted octanol–water partition coefficient (Wildman–Crippen LogP) is -0.367. The van der Waals surface area contributed by atoms with Crippen LogP contribution in [0, 0.1) is 0 Å². The Bertz CT molecular complexity index is 522. The number of ether oxygens (including phenoxy) is 3.